The highest BCUT2D eigenvalue weighted by Crippen LogP contribution is 2.33. The molecular weight excluding hydrogens is 415 g/mol. The lowest BCUT2D eigenvalue weighted by molar-refractivity contribution is 0.216. The fourth-order valence-electron chi connectivity index (χ4n) is 2.33. The van der Waals surface area contributed by atoms with Gasteiger partial charge in [-0.05, 0) is 36.2 Å². The van der Waals surface area contributed by atoms with E-state index in [4.69, 9.17) is 23.4 Å². The van der Waals surface area contributed by atoms with Crippen LogP contribution in [-0.4, -0.2) is 18.5 Å². The van der Waals surface area contributed by atoms with Gasteiger partial charge in [0.2, 0.25) is 5.13 Å². The third kappa shape index (κ3) is 3.72. The van der Waals surface area contributed by atoms with Crippen LogP contribution in [0.15, 0.2) is 58.8 Å². The lowest BCUT2D eigenvalue weighted by atomic mass is 10.1. The largest absolute Gasteiger partial charge is 0.382 e. The number of anilines is 1. The zero-order valence-electron chi connectivity index (χ0n) is 13.5. The summed E-state index contributed by atoms with van der Waals surface area (Å²) in [6, 6.07) is 13.2. The van der Waals surface area contributed by atoms with E-state index in [0.717, 1.165) is 11.3 Å². The van der Waals surface area contributed by atoms with E-state index in [9.17, 15) is 13.5 Å². The number of aryl methyl sites for hydroxylation is 1. The standard InChI is InChI=1S/C17H14Cl2N2O3S2/c1-11-4-2-3-5-15(11)26(23,24)21(19)17-20-14(10-25-17)16(22)12-6-8-13(18)9-7-12/h2-10,16,22H,1H3. The van der Waals surface area contributed by atoms with E-state index in [1.807, 2.05) is 0 Å². The molecule has 0 amide bonds. The average molecular weight is 429 g/mol. The van der Waals surface area contributed by atoms with Gasteiger partial charge in [0.15, 0.2) is 0 Å². The first-order valence-electron chi connectivity index (χ1n) is 7.46. The highest BCUT2D eigenvalue weighted by molar-refractivity contribution is 7.94. The Kier molecular flexibility index (Phi) is 5.55. The van der Waals surface area contributed by atoms with E-state index in [1.54, 1.807) is 54.8 Å². The van der Waals surface area contributed by atoms with Crippen LogP contribution in [0.3, 0.4) is 0 Å². The number of benzene rings is 2. The van der Waals surface area contributed by atoms with E-state index in [-0.39, 0.29) is 10.0 Å². The minimum Gasteiger partial charge on any atom is -0.382 e. The maximum atomic E-state index is 12.7. The van der Waals surface area contributed by atoms with Crippen LogP contribution in [-0.2, 0) is 10.0 Å². The predicted octanol–water partition coefficient (Wildman–Crippen LogP) is 4.54. The summed E-state index contributed by atoms with van der Waals surface area (Å²) >= 11 is 13.0. The van der Waals surface area contributed by atoms with E-state index in [1.165, 1.54) is 6.07 Å². The molecule has 0 saturated carbocycles. The molecular formula is C17H14Cl2N2O3S2. The van der Waals surface area contributed by atoms with Gasteiger partial charge in [-0.2, -0.15) is 8.42 Å². The number of aliphatic hydroxyl groups excluding tert-OH is 1. The minimum atomic E-state index is -3.96. The number of nitrogens with zero attached hydrogens (tertiary/aromatic N) is 2. The molecule has 0 saturated heterocycles. The molecule has 0 radical (unpaired) electrons. The van der Waals surface area contributed by atoms with Crippen LogP contribution >= 0.6 is 34.7 Å². The van der Waals surface area contributed by atoms with Crippen LogP contribution in [0.5, 0.6) is 0 Å². The van der Waals surface area contributed by atoms with Crippen LogP contribution in [0.2, 0.25) is 5.02 Å². The number of aromatic nitrogens is 1. The molecule has 0 spiro atoms. The molecule has 1 unspecified atom stereocenters. The summed E-state index contributed by atoms with van der Waals surface area (Å²) in [7, 11) is -3.96. The Morgan fingerprint density at radius 2 is 1.81 bits per heavy atom. The molecule has 1 aromatic heterocycles. The fourth-order valence-corrected chi connectivity index (χ4v) is 5.06. The van der Waals surface area contributed by atoms with Gasteiger partial charge < -0.3 is 5.11 Å². The molecule has 1 N–H and O–H groups in total. The Balaban J connectivity index is 1.89. The third-order valence-electron chi connectivity index (χ3n) is 3.71. The number of sulfonamides is 1. The molecule has 3 rings (SSSR count). The van der Waals surface area contributed by atoms with Gasteiger partial charge in [0.05, 0.1) is 10.6 Å². The van der Waals surface area contributed by atoms with E-state index < -0.39 is 16.1 Å². The van der Waals surface area contributed by atoms with Crippen LogP contribution in [0, 0.1) is 6.92 Å². The van der Waals surface area contributed by atoms with Crippen molar-refractivity contribution in [3.8, 4) is 0 Å². The molecule has 0 aliphatic carbocycles. The molecule has 3 aromatic rings. The van der Waals surface area contributed by atoms with Gasteiger partial charge in [-0.25, -0.2) is 4.98 Å². The molecule has 5 nitrogen and oxygen atoms in total. The van der Waals surface area contributed by atoms with E-state index >= 15 is 0 Å². The van der Waals surface area contributed by atoms with Crippen LogP contribution in [0.25, 0.3) is 0 Å². The van der Waals surface area contributed by atoms with Gasteiger partial charge in [-0.15, -0.1) is 15.2 Å². The zero-order chi connectivity index (χ0) is 18.9. The fraction of sp³-hybridized carbons (Fsp3) is 0.118. The van der Waals surface area contributed by atoms with Crippen molar-refractivity contribution >= 4 is 49.9 Å². The molecule has 1 atom stereocenters. The number of hydrogen-bond donors (Lipinski definition) is 1. The minimum absolute atomic E-state index is 0.0536. The van der Waals surface area contributed by atoms with Crippen molar-refractivity contribution in [3.63, 3.8) is 0 Å². The SMILES string of the molecule is Cc1ccccc1S(=O)(=O)N(Cl)c1nc(C(O)c2ccc(Cl)cc2)cs1. The van der Waals surface area contributed by atoms with Crippen molar-refractivity contribution in [2.45, 2.75) is 17.9 Å². The Morgan fingerprint density at radius 1 is 1.15 bits per heavy atom. The first-order valence-corrected chi connectivity index (χ1v) is 10.5. The summed E-state index contributed by atoms with van der Waals surface area (Å²) in [6.45, 7) is 1.69. The Morgan fingerprint density at radius 3 is 2.46 bits per heavy atom. The number of thiazole rings is 1. The van der Waals surface area contributed by atoms with Gasteiger partial charge in [0.25, 0.3) is 10.0 Å². The maximum absolute atomic E-state index is 12.7. The van der Waals surface area contributed by atoms with Gasteiger partial charge in [-0.1, -0.05) is 41.9 Å². The highest BCUT2D eigenvalue weighted by Gasteiger charge is 2.28. The first kappa shape index (κ1) is 19.1. The van der Waals surface area contributed by atoms with Crippen molar-refractivity contribution in [3.05, 3.63) is 75.8 Å². The van der Waals surface area contributed by atoms with Gasteiger partial charge in [0.1, 0.15) is 6.10 Å². The van der Waals surface area contributed by atoms with Gasteiger partial charge in [-0.3, -0.25) is 0 Å². The Bertz CT molecular complexity index is 1020. The molecule has 9 heteroatoms. The first-order chi connectivity index (χ1) is 12.3. The Labute approximate surface area is 165 Å². The van der Waals surface area contributed by atoms with E-state index in [0.29, 0.717) is 25.7 Å². The van der Waals surface area contributed by atoms with Crippen molar-refractivity contribution < 1.29 is 13.5 Å². The third-order valence-corrected chi connectivity index (χ3v) is 7.33. The number of aliphatic hydroxyl groups is 1. The summed E-state index contributed by atoms with van der Waals surface area (Å²) in [5.74, 6) is 0. The smallest absolute Gasteiger partial charge is 0.280 e. The van der Waals surface area contributed by atoms with Crippen LogP contribution < -0.4 is 3.82 Å². The second-order valence-electron chi connectivity index (χ2n) is 5.49. The molecule has 0 fully saturated rings. The zero-order valence-corrected chi connectivity index (χ0v) is 16.6. The molecule has 1 heterocycles. The normalized spacial score (nSPS) is 12.8. The average Bonchev–Trinajstić information content (AvgIpc) is 3.11. The highest BCUT2D eigenvalue weighted by atomic mass is 35.5. The van der Waals surface area contributed by atoms with Crippen molar-refractivity contribution in [1.29, 1.82) is 0 Å². The predicted molar refractivity (Wildman–Crippen MR) is 104 cm³/mol. The van der Waals surface area contributed by atoms with Crippen LogP contribution in [0.1, 0.15) is 22.9 Å². The van der Waals surface area contributed by atoms with Crippen molar-refractivity contribution in [2.75, 3.05) is 3.82 Å². The summed E-state index contributed by atoms with van der Waals surface area (Å²) in [5, 5.41) is 12.6. The molecule has 0 aliphatic heterocycles. The summed E-state index contributed by atoms with van der Waals surface area (Å²) in [6.07, 6.45) is -1.01. The number of rotatable bonds is 5. The summed E-state index contributed by atoms with van der Waals surface area (Å²) in [4.78, 5) is 4.28. The second-order valence-corrected chi connectivity index (χ2v) is 9.06. The second kappa shape index (κ2) is 7.54. The van der Waals surface area contributed by atoms with Gasteiger partial charge >= 0.3 is 0 Å². The molecule has 0 bridgehead atoms. The number of hydrogen-bond acceptors (Lipinski definition) is 5. The summed E-state index contributed by atoms with van der Waals surface area (Å²) < 4.78 is 26.1. The monoisotopic (exact) mass is 428 g/mol. The molecule has 26 heavy (non-hydrogen) atoms. The van der Waals surface area contributed by atoms with Crippen molar-refractivity contribution in [2.24, 2.45) is 0 Å². The summed E-state index contributed by atoms with van der Waals surface area (Å²) in [5.41, 5.74) is 1.48. The quantitative estimate of drug-likeness (QED) is 0.605. The van der Waals surface area contributed by atoms with Crippen LogP contribution in [0.4, 0.5) is 5.13 Å². The van der Waals surface area contributed by atoms with Gasteiger partial charge in [0, 0.05) is 22.2 Å². The topological polar surface area (TPSA) is 70.5 Å². The maximum Gasteiger partial charge on any atom is 0.280 e. The molecule has 2 aromatic carbocycles. The lowest BCUT2D eigenvalue weighted by Gasteiger charge is -2.14. The lowest BCUT2D eigenvalue weighted by Crippen LogP contribution is -2.22. The Hall–Kier alpha value is -1.64. The number of halogens is 2. The van der Waals surface area contributed by atoms with Crippen molar-refractivity contribution in [1.82, 2.24) is 4.98 Å². The molecule has 0 aliphatic rings. The molecule has 136 valence electrons. The van der Waals surface area contributed by atoms with E-state index in [2.05, 4.69) is 4.98 Å².